The first-order valence-electron chi connectivity index (χ1n) is 47.5. The molecule has 146 heavy (non-hydrogen) atoms. The van der Waals surface area contributed by atoms with Crippen molar-refractivity contribution in [2.45, 2.75) is 6.92 Å². The van der Waals surface area contributed by atoms with E-state index < -0.39 is 0 Å². The molecule has 0 bridgehead atoms. The van der Waals surface area contributed by atoms with Crippen LogP contribution in [0.5, 0.6) is 0 Å². The van der Waals surface area contributed by atoms with Gasteiger partial charge in [0, 0.05) is 117 Å². The van der Waals surface area contributed by atoms with Crippen LogP contribution < -0.4 is 4.90 Å². The molecule has 0 aliphatic rings. The highest BCUT2D eigenvalue weighted by Gasteiger charge is 2.24. The van der Waals surface area contributed by atoms with Crippen molar-refractivity contribution in [3.8, 4) is 68.1 Å². The van der Waals surface area contributed by atoms with Crippen molar-refractivity contribution in [1.29, 1.82) is 0 Å². The predicted molar refractivity (Wildman–Crippen MR) is 623 cm³/mol. The van der Waals surface area contributed by atoms with Crippen LogP contribution in [0.15, 0.2) is 498 Å². The molecular formula is C127H82Br4ClN13S. The lowest BCUT2D eigenvalue weighted by Crippen LogP contribution is -2.09. The van der Waals surface area contributed by atoms with Gasteiger partial charge in [-0.3, -0.25) is 14.1 Å². The molecule has 13 nitrogen and oxygen atoms in total. The summed E-state index contributed by atoms with van der Waals surface area (Å²) in [6, 6.07) is 158. The van der Waals surface area contributed by atoms with Crippen LogP contribution in [-0.2, 0) is 0 Å². The number of pyridine rings is 2. The molecule has 0 fully saturated rings. The second-order valence-electron chi connectivity index (χ2n) is 34.8. The lowest BCUT2D eigenvalue weighted by atomic mass is 9.98. The molecule has 28 aromatic rings. The van der Waals surface area contributed by atoms with Gasteiger partial charge < -0.3 is 4.90 Å². The van der Waals surface area contributed by atoms with Crippen LogP contribution >= 0.6 is 86.7 Å². The maximum Gasteiger partial charge on any atom is 0.237 e. The number of rotatable bonds is 10. The standard InChI is InChI=1S/C27H21N3.2C25H15BrN4.C20H11ClN2S.C16H11Br.C14H9Br/c1-20-28-26-15-9-8-14-25(26)27(29-20)21-16-18-24(19-17-21)30(22-10-4-2-5-11-22)23-12-6-3-7-13-23;26-17-12-13-18-19-10-6-14-27-24(19)30(22(18)15-17)25-28-21-11-5-4-9-20(21)23(29-25)16-7-2-1-3-8-16;26-17-10-11-18-19-12-13-27-15-23(19)30(22(18)14-17)25-28-21-9-5-4-8-20(21)24(29-25)16-6-2-1-3-7-16;21-20-22-17(14-10-9-12-5-1-2-6-13(12)11-14)19-18(23-20)15-7-3-4-8-16(15)24-19;17-14-8-3-7-13(11-14)16-10-4-6-12-5-1-2-9-15(12)16;15-14-9-10-5-1-2-6-11(10)12-7-3-4-8-13(12)14/h2-19H,1H3;2*1-15H;1-11H;1-11H;1-9H. The number of aromatic nitrogens is 12. The molecule has 19 aromatic carbocycles. The number of para-hydroxylation sites is 5. The summed E-state index contributed by atoms with van der Waals surface area (Å²) in [6.07, 6.45) is 5.51. The maximum absolute atomic E-state index is 6.23. The highest BCUT2D eigenvalue weighted by Crippen LogP contribution is 2.44. The van der Waals surface area contributed by atoms with Gasteiger partial charge in [0.25, 0.3) is 0 Å². The van der Waals surface area contributed by atoms with E-state index in [2.05, 4.69) is 420 Å². The van der Waals surface area contributed by atoms with E-state index in [1.807, 2.05) is 170 Å². The summed E-state index contributed by atoms with van der Waals surface area (Å²) >= 11 is 22.3. The number of nitrogens with zero attached hydrogens (tertiary/aromatic N) is 13. The zero-order valence-electron chi connectivity index (χ0n) is 78.2. The molecule has 0 aliphatic heterocycles. The van der Waals surface area contributed by atoms with Crippen LogP contribution in [0, 0.1) is 6.92 Å². The smallest absolute Gasteiger partial charge is 0.237 e. The Morgan fingerprint density at radius 3 is 1.38 bits per heavy atom. The fourth-order valence-electron chi connectivity index (χ4n) is 19.1. The van der Waals surface area contributed by atoms with Crippen LogP contribution in [-0.4, -0.2) is 59.0 Å². The fourth-order valence-corrected chi connectivity index (χ4v) is 22.1. The molecule has 28 rings (SSSR count). The number of thiophene rings is 1. The van der Waals surface area contributed by atoms with Crippen molar-refractivity contribution in [2.75, 3.05) is 4.90 Å². The van der Waals surface area contributed by atoms with E-state index in [4.69, 9.17) is 36.5 Å². The number of fused-ring (bicyclic) bond motifs is 17. The third kappa shape index (κ3) is 19.1. The first kappa shape index (κ1) is 93.1. The molecule has 0 atom stereocenters. The molecule has 0 amide bonds. The van der Waals surface area contributed by atoms with Crippen molar-refractivity contribution in [2.24, 2.45) is 0 Å². The van der Waals surface area contributed by atoms with Crippen molar-refractivity contribution < 1.29 is 0 Å². The summed E-state index contributed by atoms with van der Waals surface area (Å²) in [5, 5.41) is 19.2. The Morgan fingerprint density at radius 1 is 0.274 bits per heavy atom. The van der Waals surface area contributed by atoms with E-state index in [0.29, 0.717) is 11.9 Å². The van der Waals surface area contributed by atoms with Crippen molar-refractivity contribution in [1.82, 2.24) is 59.0 Å². The van der Waals surface area contributed by atoms with Gasteiger partial charge in [0.1, 0.15) is 11.5 Å². The Balaban J connectivity index is 0.0000000982. The number of benzene rings is 19. The van der Waals surface area contributed by atoms with Gasteiger partial charge in [-0.15, -0.1) is 11.3 Å². The molecular weight excluding hydrogens is 2090 g/mol. The molecule has 0 saturated carbocycles. The third-order valence-electron chi connectivity index (χ3n) is 25.7. The van der Waals surface area contributed by atoms with E-state index in [0.717, 1.165) is 178 Å². The molecule has 0 aliphatic carbocycles. The Kier molecular flexibility index (Phi) is 26.7. The second kappa shape index (κ2) is 41.8. The van der Waals surface area contributed by atoms with Gasteiger partial charge in [-0.05, 0) is 200 Å². The topological polar surface area (TPSA) is 142 Å². The zero-order valence-corrected chi connectivity index (χ0v) is 86.1. The molecule has 0 spiro atoms. The summed E-state index contributed by atoms with van der Waals surface area (Å²) < 4.78 is 10.7. The zero-order chi connectivity index (χ0) is 98.5. The van der Waals surface area contributed by atoms with Gasteiger partial charge in [-0.2, -0.15) is 0 Å². The fraction of sp³-hybridized carbons (Fsp3) is 0.00787. The summed E-state index contributed by atoms with van der Waals surface area (Å²) in [4.78, 5) is 49.6. The lowest BCUT2D eigenvalue weighted by Gasteiger charge is -2.25. The number of anilines is 3. The van der Waals surface area contributed by atoms with Gasteiger partial charge in [-0.1, -0.05) is 397 Å². The summed E-state index contributed by atoms with van der Waals surface area (Å²) in [5.74, 6) is 2.03. The minimum Gasteiger partial charge on any atom is -0.311 e. The molecule has 0 saturated heterocycles. The average molecular weight is 2180 g/mol. The Bertz CT molecular complexity index is 9480. The first-order valence-corrected chi connectivity index (χ1v) is 51.9. The molecule has 0 radical (unpaired) electrons. The van der Waals surface area contributed by atoms with Crippen LogP contribution in [0.1, 0.15) is 5.82 Å². The van der Waals surface area contributed by atoms with E-state index in [1.165, 1.54) is 58.9 Å². The second-order valence-corrected chi connectivity index (χ2v) is 39.8. The Hall–Kier alpha value is -16.6. The number of hydrogen-bond donors (Lipinski definition) is 0. The first-order chi connectivity index (χ1) is 71.9. The van der Waals surface area contributed by atoms with Gasteiger partial charge in [0.15, 0.2) is 0 Å². The molecule has 9 heterocycles. The normalized spacial score (nSPS) is 11.2. The van der Waals surface area contributed by atoms with Crippen molar-refractivity contribution >= 4 is 244 Å². The van der Waals surface area contributed by atoms with Gasteiger partial charge in [0.2, 0.25) is 17.2 Å². The molecule has 19 heteroatoms. The predicted octanol–water partition coefficient (Wildman–Crippen LogP) is 36.5. The quantitative estimate of drug-likeness (QED) is 0.0954. The highest BCUT2D eigenvalue weighted by molar-refractivity contribution is 9.11. The Labute approximate surface area is 883 Å². The molecule has 0 unspecified atom stereocenters. The number of aryl methyl sites for hydroxylation is 1. The highest BCUT2D eigenvalue weighted by atomic mass is 79.9. The SMILES string of the molecule is Brc1cc2ccccc2c2ccccc12.Brc1ccc2c3cccnc3n(-c3nc(-c4ccccc4)c4ccccc4n3)c2c1.Brc1ccc2c3ccncc3n(-c3nc(-c4ccccc4)c4ccccc4n3)c2c1.Brc1cccc(-c2cccc3ccccc23)c1.Cc1nc(-c2ccc(N(c3ccccc3)c3ccccc3)cc2)c2ccccc2n1.Clc1nc(-c2ccc3ccccc3c2)c2sc3ccccc3c2n1. The van der Waals surface area contributed by atoms with Gasteiger partial charge in [-0.25, -0.2) is 44.9 Å². The van der Waals surface area contributed by atoms with E-state index in [-0.39, 0.29) is 5.28 Å². The lowest BCUT2D eigenvalue weighted by molar-refractivity contribution is 0.997. The minimum absolute atomic E-state index is 0.286. The van der Waals surface area contributed by atoms with Crippen LogP contribution in [0.25, 0.3) is 208 Å². The van der Waals surface area contributed by atoms with E-state index >= 15 is 0 Å². The summed E-state index contributed by atoms with van der Waals surface area (Å²) in [5.41, 5.74) is 21.5. The van der Waals surface area contributed by atoms with Crippen LogP contribution in [0.2, 0.25) is 5.28 Å². The van der Waals surface area contributed by atoms with Gasteiger partial charge >= 0.3 is 0 Å². The monoisotopic (exact) mass is 2170 g/mol. The molecule has 0 N–H and O–H groups in total. The Morgan fingerprint density at radius 2 is 0.740 bits per heavy atom. The number of hydrogen-bond acceptors (Lipinski definition) is 12. The van der Waals surface area contributed by atoms with E-state index in [1.54, 1.807) is 11.3 Å². The van der Waals surface area contributed by atoms with Crippen molar-refractivity contribution in [3.05, 3.63) is 509 Å². The van der Waals surface area contributed by atoms with Gasteiger partial charge in [0.05, 0.1) is 72.3 Å². The molecule has 9 aromatic heterocycles. The minimum atomic E-state index is 0.286. The van der Waals surface area contributed by atoms with Crippen molar-refractivity contribution in [3.63, 3.8) is 0 Å². The average Bonchev–Trinajstić information content (AvgIpc) is 1.60. The largest absolute Gasteiger partial charge is 0.311 e. The van der Waals surface area contributed by atoms with Crippen LogP contribution in [0.4, 0.5) is 17.1 Å². The maximum atomic E-state index is 6.23. The summed E-state index contributed by atoms with van der Waals surface area (Å²) in [7, 11) is 0. The van der Waals surface area contributed by atoms with E-state index in [9.17, 15) is 0 Å². The van der Waals surface area contributed by atoms with Crippen LogP contribution in [0.3, 0.4) is 0 Å². The third-order valence-corrected chi connectivity index (χ3v) is 29.2. The number of halogens is 5. The molecule has 696 valence electrons. The summed E-state index contributed by atoms with van der Waals surface area (Å²) in [6.45, 7) is 1.94.